The Morgan fingerprint density at radius 2 is 2.00 bits per heavy atom. The van der Waals surface area contributed by atoms with Crippen LogP contribution in [0.4, 0.5) is 0 Å². The van der Waals surface area contributed by atoms with Crippen LogP contribution in [0.3, 0.4) is 0 Å². The third-order valence-corrected chi connectivity index (χ3v) is 2.69. The van der Waals surface area contributed by atoms with Crippen molar-refractivity contribution in [1.29, 1.82) is 0 Å². The first kappa shape index (κ1) is 11.2. The zero-order valence-electron chi connectivity index (χ0n) is 9.67. The van der Waals surface area contributed by atoms with Gasteiger partial charge < -0.3 is 5.84 Å². The molecule has 2 aromatic heterocycles. The number of hydrogen-bond acceptors (Lipinski definition) is 4. The molecule has 90 valence electrons. The number of fused-ring (bicyclic) bond motifs is 1. The number of nitrogen functional groups attached to an aromatic ring is 1. The average Bonchev–Trinajstić information content (AvgIpc) is 2.62. The lowest BCUT2D eigenvalue weighted by Gasteiger charge is -2.03. The van der Waals surface area contributed by atoms with Crippen LogP contribution < -0.4 is 17.1 Å². The van der Waals surface area contributed by atoms with Crippen LogP contribution in [0.25, 0.3) is 11.2 Å². The molecular formula is C10H13N5O2. The summed E-state index contributed by atoms with van der Waals surface area (Å²) in [5.41, 5.74) is -0.372. The maximum absolute atomic E-state index is 11.9. The van der Waals surface area contributed by atoms with Gasteiger partial charge in [-0.05, 0) is 0 Å². The van der Waals surface area contributed by atoms with Gasteiger partial charge in [0, 0.05) is 20.5 Å². The van der Waals surface area contributed by atoms with E-state index in [1.807, 2.05) is 0 Å². The average molecular weight is 235 g/mol. The lowest BCUT2D eigenvalue weighted by Crippen LogP contribution is -2.38. The van der Waals surface area contributed by atoms with Crippen molar-refractivity contribution in [2.24, 2.45) is 14.1 Å². The molecule has 2 heterocycles. The number of allylic oxidation sites excluding steroid dienone is 1. The third-order valence-electron chi connectivity index (χ3n) is 2.69. The third kappa shape index (κ3) is 1.39. The van der Waals surface area contributed by atoms with E-state index in [-0.39, 0.29) is 11.2 Å². The Bertz CT molecular complexity index is 719. The van der Waals surface area contributed by atoms with E-state index < -0.39 is 11.2 Å². The predicted octanol–water partition coefficient (Wildman–Crippen LogP) is -1.12. The highest BCUT2D eigenvalue weighted by Gasteiger charge is 2.16. The minimum Gasteiger partial charge on any atom is -0.337 e. The van der Waals surface area contributed by atoms with Gasteiger partial charge in [0.2, 0.25) is 0 Å². The molecule has 17 heavy (non-hydrogen) atoms. The van der Waals surface area contributed by atoms with Crippen LogP contribution in [0.5, 0.6) is 0 Å². The second kappa shape index (κ2) is 3.62. The van der Waals surface area contributed by atoms with Gasteiger partial charge in [-0.25, -0.2) is 14.5 Å². The van der Waals surface area contributed by atoms with Crippen LogP contribution in [0.1, 0.15) is 5.82 Å². The highest BCUT2D eigenvalue weighted by Crippen LogP contribution is 2.07. The second-order valence-electron chi connectivity index (χ2n) is 3.77. The molecule has 2 aromatic rings. The van der Waals surface area contributed by atoms with Gasteiger partial charge in [0.05, 0.1) is 0 Å². The van der Waals surface area contributed by atoms with Gasteiger partial charge in [-0.3, -0.25) is 13.9 Å². The van der Waals surface area contributed by atoms with Gasteiger partial charge in [-0.1, -0.05) is 6.08 Å². The summed E-state index contributed by atoms with van der Waals surface area (Å²) in [6.07, 6.45) is 2.07. The van der Waals surface area contributed by atoms with Crippen molar-refractivity contribution in [3.63, 3.8) is 0 Å². The van der Waals surface area contributed by atoms with Crippen LogP contribution in [-0.2, 0) is 20.5 Å². The minimum absolute atomic E-state index is 0.214. The molecule has 0 saturated carbocycles. The van der Waals surface area contributed by atoms with Gasteiger partial charge >= 0.3 is 5.69 Å². The van der Waals surface area contributed by atoms with E-state index in [4.69, 9.17) is 5.84 Å². The van der Waals surface area contributed by atoms with Crippen molar-refractivity contribution in [3.05, 3.63) is 39.3 Å². The molecule has 7 heteroatoms. The standard InChI is InChI=1S/C10H13N5O2/c1-4-5-6-12-8-7(15(6)11)9(16)14(3)10(17)13(8)2/h4H,1,5,11H2,2-3H3. The fourth-order valence-corrected chi connectivity index (χ4v) is 1.73. The maximum Gasteiger partial charge on any atom is 0.332 e. The molecule has 0 atom stereocenters. The summed E-state index contributed by atoms with van der Waals surface area (Å²) >= 11 is 0. The fourth-order valence-electron chi connectivity index (χ4n) is 1.73. The number of hydrogen-bond donors (Lipinski definition) is 1. The number of nitrogens with two attached hydrogens (primary N) is 1. The van der Waals surface area contributed by atoms with E-state index in [1.54, 1.807) is 13.1 Å². The second-order valence-corrected chi connectivity index (χ2v) is 3.77. The van der Waals surface area contributed by atoms with E-state index in [2.05, 4.69) is 11.6 Å². The monoisotopic (exact) mass is 235 g/mol. The topological polar surface area (TPSA) is 87.8 Å². The van der Waals surface area contributed by atoms with Crippen LogP contribution in [0.2, 0.25) is 0 Å². The van der Waals surface area contributed by atoms with Crippen LogP contribution in [-0.4, -0.2) is 18.8 Å². The molecule has 0 radical (unpaired) electrons. The number of aromatic nitrogens is 4. The number of rotatable bonds is 2. The van der Waals surface area contributed by atoms with Gasteiger partial charge in [0.1, 0.15) is 5.82 Å². The summed E-state index contributed by atoms with van der Waals surface area (Å²) in [4.78, 5) is 27.8. The summed E-state index contributed by atoms with van der Waals surface area (Å²) in [7, 11) is 2.96. The molecule has 0 unspecified atom stereocenters. The summed E-state index contributed by atoms with van der Waals surface area (Å²) in [5, 5.41) is 0. The Morgan fingerprint density at radius 1 is 1.35 bits per heavy atom. The Labute approximate surface area is 96.4 Å². The van der Waals surface area contributed by atoms with Crippen LogP contribution in [0, 0.1) is 0 Å². The molecule has 0 aromatic carbocycles. The van der Waals surface area contributed by atoms with Gasteiger partial charge in [-0.2, -0.15) is 0 Å². The van der Waals surface area contributed by atoms with E-state index in [0.717, 1.165) is 4.57 Å². The predicted molar refractivity (Wildman–Crippen MR) is 64.3 cm³/mol. The van der Waals surface area contributed by atoms with Gasteiger partial charge in [0.15, 0.2) is 11.2 Å². The number of nitrogens with zero attached hydrogens (tertiary/aromatic N) is 4. The van der Waals surface area contributed by atoms with Gasteiger partial charge in [0.25, 0.3) is 5.56 Å². The molecule has 0 aliphatic heterocycles. The summed E-state index contributed by atoms with van der Waals surface area (Å²) in [5.74, 6) is 6.29. The molecule has 0 aliphatic carbocycles. The van der Waals surface area contributed by atoms with Crippen molar-refractivity contribution >= 4 is 11.2 Å². The van der Waals surface area contributed by atoms with Crippen LogP contribution >= 0.6 is 0 Å². The molecule has 2 rings (SSSR count). The Kier molecular flexibility index (Phi) is 2.38. The largest absolute Gasteiger partial charge is 0.337 e. The Balaban J connectivity index is 3.02. The molecule has 0 saturated heterocycles. The molecule has 0 fully saturated rings. The summed E-state index contributed by atoms with van der Waals surface area (Å²) in [6, 6.07) is 0. The molecule has 0 amide bonds. The number of aryl methyl sites for hydroxylation is 1. The van der Waals surface area contributed by atoms with E-state index in [0.29, 0.717) is 12.2 Å². The number of imidazole rings is 1. The lowest BCUT2D eigenvalue weighted by molar-refractivity contribution is 0.707. The smallest absolute Gasteiger partial charge is 0.332 e. The lowest BCUT2D eigenvalue weighted by atomic mass is 10.4. The zero-order valence-corrected chi connectivity index (χ0v) is 9.67. The highest BCUT2D eigenvalue weighted by molar-refractivity contribution is 5.71. The summed E-state index contributed by atoms with van der Waals surface area (Å²) < 4.78 is 3.51. The van der Waals surface area contributed by atoms with Crippen molar-refractivity contribution in [3.8, 4) is 0 Å². The molecule has 0 aliphatic rings. The highest BCUT2D eigenvalue weighted by atomic mass is 16.2. The van der Waals surface area contributed by atoms with E-state index >= 15 is 0 Å². The first-order chi connectivity index (χ1) is 7.99. The zero-order chi connectivity index (χ0) is 12.7. The first-order valence-corrected chi connectivity index (χ1v) is 5.02. The summed E-state index contributed by atoms with van der Waals surface area (Å²) in [6.45, 7) is 3.59. The van der Waals surface area contributed by atoms with Crippen molar-refractivity contribution in [1.82, 2.24) is 18.8 Å². The molecule has 0 spiro atoms. The molecule has 2 N–H and O–H groups in total. The molecule has 7 nitrogen and oxygen atoms in total. The molecular weight excluding hydrogens is 222 g/mol. The van der Waals surface area contributed by atoms with Crippen molar-refractivity contribution in [2.45, 2.75) is 6.42 Å². The Hall–Kier alpha value is -2.31. The van der Waals surface area contributed by atoms with E-state index in [1.165, 1.54) is 16.3 Å². The fraction of sp³-hybridized carbons (Fsp3) is 0.300. The van der Waals surface area contributed by atoms with Crippen LogP contribution in [0.15, 0.2) is 22.2 Å². The van der Waals surface area contributed by atoms with Crippen molar-refractivity contribution in [2.75, 3.05) is 5.84 Å². The van der Waals surface area contributed by atoms with Crippen molar-refractivity contribution < 1.29 is 0 Å². The molecule has 0 bridgehead atoms. The van der Waals surface area contributed by atoms with E-state index in [9.17, 15) is 9.59 Å². The SMILES string of the molecule is C=CCc1nc2c(c(=O)n(C)c(=O)n2C)n1N. The maximum atomic E-state index is 11.9. The normalized spacial score (nSPS) is 10.9. The quantitative estimate of drug-likeness (QED) is 0.527. The minimum atomic E-state index is -0.451. The first-order valence-electron chi connectivity index (χ1n) is 5.02. The van der Waals surface area contributed by atoms with Gasteiger partial charge in [-0.15, -0.1) is 6.58 Å². The Morgan fingerprint density at radius 3 is 2.59 bits per heavy atom.